The van der Waals surface area contributed by atoms with Gasteiger partial charge in [0.25, 0.3) is 0 Å². The lowest BCUT2D eigenvalue weighted by molar-refractivity contribution is 0.0594. The Morgan fingerprint density at radius 3 is 2.31 bits per heavy atom. The number of benzene rings is 1. The number of esters is 1. The minimum atomic E-state index is -4.09. The molecule has 0 amide bonds. The summed E-state index contributed by atoms with van der Waals surface area (Å²) in [5.74, 6) is -3.75. The molecule has 0 radical (unpaired) electrons. The second-order valence-electron chi connectivity index (χ2n) is 3.00. The summed E-state index contributed by atoms with van der Waals surface area (Å²) in [5.41, 5.74) is -0.621. The number of sulfone groups is 1. The third kappa shape index (κ3) is 2.19. The molecule has 0 bridgehead atoms. The Hall–Kier alpha value is -1.50. The van der Waals surface area contributed by atoms with Crippen LogP contribution in [0.3, 0.4) is 0 Å². The van der Waals surface area contributed by atoms with Crippen molar-refractivity contribution in [3.05, 3.63) is 29.3 Å². The van der Waals surface area contributed by atoms with Gasteiger partial charge in [-0.15, -0.1) is 0 Å². The molecule has 1 rings (SSSR count). The van der Waals surface area contributed by atoms with Crippen LogP contribution in [0.5, 0.6) is 0 Å². The highest BCUT2D eigenvalue weighted by molar-refractivity contribution is 7.90. The van der Waals surface area contributed by atoms with Crippen LogP contribution in [0.2, 0.25) is 0 Å². The van der Waals surface area contributed by atoms with Crippen molar-refractivity contribution in [1.29, 1.82) is 0 Å². The predicted molar refractivity (Wildman–Crippen MR) is 50.8 cm³/mol. The van der Waals surface area contributed by atoms with Crippen LogP contribution in [0.4, 0.5) is 8.78 Å². The van der Waals surface area contributed by atoms with Crippen LogP contribution in [0, 0.1) is 11.6 Å². The van der Waals surface area contributed by atoms with Crippen LogP contribution in [0.15, 0.2) is 17.0 Å². The Balaban J connectivity index is 3.58. The third-order valence-electron chi connectivity index (χ3n) is 1.83. The van der Waals surface area contributed by atoms with Crippen LogP contribution < -0.4 is 0 Å². The van der Waals surface area contributed by atoms with Crippen molar-refractivity contribution in [3.63, 3.8) is 0 Å². The van der Waals surface area contributed by atoms with E-state index in [1.807, 2.05) is 0 Å². The van der Waals surface area contributed by atoms with E-state index in [1.54, 1.807) is 0 Å². The maximum Gasteiger partial charge on any atom is 0.340 e. The van der Waals surface area contributed by atoms with Crippen molar-refractivity contribution in [3.8, 4) is 0 Å². The molecule has 0 aliphatic rings. The molecular weight excluding hydrogens is 242 g/mol. The van der Waals surface area contributed by atoms with E-state index < -0.39 is 37.9 Å². The molecule has 7 heteroatoms. The Bertz CT molecular complexity index is 537. The second-order valence-corrected chi connectivity index (χ2v) is 4.95. The molecule has 0 atom stereocenters. The van der Waals surface area contributed by atoms with Gasteiger partial charge in [0.2, 0.25) is 0 Å². The quantitative estimate of drug-likeness (QED) is 0.739. The highest BCUT2D eigenvalue weighted by atomic mass is 32.2. The smallest absolute Gasteiger partial charge is 0.340 e. The summed E-state index contributed by atoms with van der Waals surface area (Å²) in [7, 11) is -3.08. The average molecular weight is 250 g/mol. The number of halogens is 2. The van der Waals surface area contributed by atoms with E-state index in [4.69, 9.17) is 0 Å². The van der Waals surface area contributed by atoms with Crippen molar-refractivity contribution in [1.82, 2.24) is 0 Å². The van der Waals surface area contributed by atoms with E-state index in [0.29, 0.717) is 12.3 Å². The number of methoxy groups -OCH3 is 1. The van der Waals surface area contributed by atoms with Crippen LogP contribution >= 0.6 is 0 Å². The van der Waals surface area contributed by atoms with E-state index in [1.165, 1.54) is 0 Å². The maximum atomic E-state index is 13.5. The number of carbonyl (C=O) groups excluding carboxylic acids is 1. The van der Waals surface area contributed by atoms with Gasteiger partial charge in [-0.1, -0.05) is 0 Å². The zero-order valence-electron chi connectivity index (χ0n) is 8.45. The highest BCUT2D eigenvalue weighted by Crippen LogP contribution is 2.22. The molecule has 0 heterocycles. The van der Waals surface area contributed by atoms with Gasteiger partial charge in [0.15, 0.2) is 15.7 Å². The van der Waals surface area contributed by atoms with E-state index >= 15 is 0 Å². The summed E-state index contributed by atoms with van der Waals surface area (Å²) >= 11 is 0. The highest BCUT2D eigenvalue weighted by Gasteiger charge is 2.25. The normalized spacial score (nSPS) is 11.2. The molecule has 0 aromatic heterocycles. The topological polar surface area (TPSA) is 60.4 Å². The first-order valence-corrected chi connectivity index (χ1v) is 5.94. The Morgan fingerprint density at radius 2 is 1.88 bits per heavy atom. The van der Waals surface area contributed by atoms with Gasteiger partial charge in [0.05, 0.1) is 12.7 Å². The van der Waals surface area contributed by atoms with Gasteiger partial charge in [-0.2, -0.15) is 0 Å². The Kier molecular flexibility index (Phi) is 3.27. The van der Waals surface area contributed by atoms with Crippen molar-refractivity contribution >= 4 is 15.8 Å². The monoisotopic (exact) mass is 250 g/mol. The van der Waals surface area contributed by atoms with Gasteiger partial charge in [-0.3, -0.25) is 0 Å². The number of hydrogen-bond donors (Lipinski definition) is 0. The van der Waals surface area contributed by atoms with Crippen LogP contribution in [-0.4, -0.2) is 27.8 Å². The summed E-state index contributed by atoms with van der Waals surface area (Å²) in [6.45, 7) is 0. The molecule has 0 saturated carbocycles. The zero-order valence-corrected chi connectivity index (χ0v) is 9.27. The van der Waals surface area contributed by atoms with Crippen LogP contribution in [0.1, 0.15) is 10.4 Å². The number of carbonyl (C=O) groups is 1. The first-order chi connectivity index (χ1) is 7.29. The Morgan fingerprint density at radius 1 is 1.31 bits per heavy atom. The molecular formula is C9H8F2O4S. The minimum absolute atomic E-state index is 0.621. The lowest BCUT2D eigenvalue weighted by Crippen LogP contribution is -2.11. The van der Waals surface area contributed by atoms with Gasteiger partial charge in [0.1, 0.15) is 10.7 Å². The third-order valence-corrected chi connectivity index (χ3v) is 2.94. The van der Waals surface area contributed by atoms with Crippen LogP contribution in [-0.2, 0) is 14.6 Å². The predicted octanol–water partition coefficient (Wildman–Crippen LogP) is 1.15. The molecule has 88 valence electrons. The van der Waals surface area contributed by atoms with E-state index in [0.717, 1.165) is 13.2 Å². The lowest BCUT2D eigenvalue weighted by Gasteiger charge is -2.06. The number of hydrogen-bond acceptors (Lipinski definition) is 4. The first-order valence-electron chi connectivity index (χ1n) is 4.05. The molecule has 4 nitrogen and oxygen atoms in total. The zero-order chi connectivity index (χ0) is 12.5. The van der Waals surface area contributed by atoms with Gasteiger partial charge in [0, 0.05) is 6.26 Å². The summed E-state index contributed by atoms with van der Waals surface area (Å²) in [5, 5.41) is 0. The van der Waals surface area contributed by atoms with Crippen molar-refractivity contribution < 1.29 is 26.7 Å². The first kappa shape index (κ1) is 12.6. The Labute approximate surface area is 90.8 Å². The van der Waals surface area contributed by atoms with Gasteiger partial charge >= 0.3 is 5.97 Å². The van der Waals surface area contributed by atoms with Gasteiger partial charge < -0.3 is 4.74 Å². The van der Waals surface area contributed by atoms with Gasteiger partial charge in [-0.05, 0) is 12.1 Å². The molecule has 0 unspecified atom stereocenters. The number of ether oxygens (including phenoxy) is 1. The van der Waals surface area contributed by atoms with Gasteiger partial charge in [-0.25, -0.2) is 22.0 Å². The molecule has 0 saturated heterocycles. The molecule has 0 fully saturated rings. The SMILES string of the molecule is COC(=O)c1ccc(F)c(S(C)(=O)=O)c1F. The molecule has 0 aliphatic heterocycles. The van der Waals surface area contributed by atoms with Crippen LogP contribution in [0.25, 0.3) is 0 Å². The molecule has 0 N–H and O–H groups in total. The van der Waals surface area contributed by atoms with E-state index in [-0.39, 0.29) is 0 Å². The maximum absolute atomic E-state index is 13.5. The van der Waals surface area contributed by atoms with E-state index in [9.17, 15) is 22.0 Å². The lowest BCUT2D eigenvalue weighted by atomic mass is 10.2. The molecule has 16 heavy (non-hydrogen) atoms. The second kappa shape index (κ2) is 4.17. The summed E-state index contributed by atoms with van der Waals surface area (Å²) in [6, 6.07) is 1.52. The van der Waals surface area contributed by atoms with Crippen molar-refractivity contribution in [2.75, 3.05) is 13.4 Å². The average Bonchev–Trinajstić information content (AvgIpc) is 2.14. The molecule has 1 aromatic rings. The summed E-state index contributed by atoms with van der Waals surface area (Å²) in [4.78, 5) is 9.92. The summed E-state index contributed by atoms with van der Waals surface area (Å²) < 4.78 is 53.1. The fourth-order valence-electron chi connectivity index (χ4n) is 1.14. The fraction of sp³-hybridized carbons (Fsp3) is 0.222. The molecule has 1 aromatic carbocycles. The summed E-state index contributed by atoms with van der Waals surface area (Å²) in [6.07, 6.45) is 0.648. The molecule has 0 spiro atoms. The molecule has 0 aliphatic carbocycles. The fourth-order valence-corrected chi connectivity index (χ4v) is 2.00. The van der Waals surface area contributed by atoms with Crippen molar-refractivity contribution in [2.24, 2.45) is 0 Å². The standard InChI is InChI=1S/C9H8F2O4S/c1-15-9(12)5-3-4-6(10)8(7(5)11)16(2,13)14/h3-4H,1-2H3. The minimum Gasteiger partial charge on any atom is -0.465 e. The largest absolute Gasteiger partial charge is 0.465 e. The van der Waals surface area contributed by atoms with Crippen molar-refractivity contribution in [2.45, 2.75) is 4.90 Å². The number of rotatable bonds is 2. The van der Waals surface area contributed by atoms with E-state index in [2.05, 4.69) is 4.74 Å².